The molecule has 222 valence electrons. The highest BCUT2D eigenvalue weighted by Gasteiger charge is 2.36. The fourth-order valence-corrected chi connectivity index (χ4v) is 4.59. The molecule has 1 aromatic rings. The number of carbonyl (C=O) groups excluding carboxylic acids is 3. The van der Waals surface area contributed by atoms with Gasteiger partial charge < -0.3 is 25.4 Å². The Morgan fingerprint density at radius 3 is 2.03 bits per heavy atom. The van der Waals surface area contributed by atoms with E-state index in [9.17, 15) is 19.5 Å². The summed E-state index contributed by atoms with van der Waals surface area (Å²) in [4.78, 5) is 41.6. The van der Waals surface area contributed by atoms with Gasteiger partial charge in [0, 0.05) is 13.1 Å². The van der Waals surface area contributed by atoms with Gasteiger partial charge in [-0.2, -0.15) is 0 Å². The van der Waals surface area contributed by atoms with Gasteiger partial charge in [-0.25, -0.2) is 4.79 Å². The molecule has 8 nitrogen and oxygen atoms in total. The number of nitrogens with one attached hydrogen (secondary N) is 2. The van der Waals surface area contributed by atoms with E-state index in [0.717, 1.165) is 56.1 Å². The number of unbranched alkanes of at least 4 members (excludes halogenated alkanes) is 7. The molecule has 0 saturated carbocycles. The summed E-state index contributed by atoms with van der Waals surface area (Å²) in [6, 6.07) is 3.77. The number of aliphatic hydroxyl groups excluding tert-OH is 1. The number of ether oxygens (including phenoxy) is 1. The molecule has 0 spiro atoms. The Labute approximate surface area is 236 Å². The molecule has 0 radical (unpaired) electrons. The number of benzene rings is 1. The summed E-state index contributed by atoms with van der Waals surface area (Å²) in [5.74, 6) is -0.769. The highest BCUT2D eigenvalue weighted by Crippen LogP contribution is 2.26. The molecule has 1 aromatic carbocycles. The second-order valence-electron chi connectivity index (χ2n) is 11.5. The molecule has 0 aromatic heterocycles. The van der Waals surface area contributed by atoms with Gasteiger partial charge in [0.15, 0.2) is 0 Å². The van der Waals surface area contributed by atoms with Crippen molar-refractivity contribution in [2.45, 2.75) is 124 Å². The lowest BCUT2D eigenvalue weighted by Gasteiger charge is -2.34. The number of aryl methyl sites for hydroxylation is 2. The molecule has 0 fully saturated rings. The zero-order valence-corrected chi connectivity index (χ0v) is 25.4. The van der Waals surface area contributed by atoms with Gasteiger partial charge in [0.05, 0.1) is 6.61 Å². The van der Waals surface area contributed by atoms with E-state index in [2.05, 4.69) is 24.5 Å². The van der Waals surface area contributed by atoms with Crippen LogP contribution in [0.5, 0.6) is 0 Å². The lowest BCUT2D eigenvalue weighted by atomic mass is 9.98. The molecule has 2 atom stereocenters. The van der Waals surface area contributed by atoms with Gasteiger partial charge in [-0.05, 0) is 53.0 Å². The monoisotopic (exact) mass is 547 g/mol. The molecular formula is C31H53N3O5. The molecule has 39 heavy (non-hydrogen) atoms. The molecule has 0 saturated heterocycles. The molecule has 3 amide bonds. The number of rotatable bonds is 17. The Balaban J connectivity index is 3.36. The average molecular weight is 548 g/mol. The first-order valence-corrected chi connectivity index (χ1v) is 14.7. The van der Waals surface area contributed by atoms with Crippen LogP contribution >= 0.6 is 0 Å². The maximum atomic E-state index is 13.9. The van der Waals surface area contributed by atoms with Gasteiger partial charge in [-0.3, -0.25) is 9.59 Å². The number of hydrogen-bond donors (Lipinski definition) is 3. The summed E-state index contributed by atoms with van der Waals surface area (Å²) >= 11 is 0. The highest BCUT2D eigenvalue weighted by molar-refractivity contribution is 5.92. The Bertz CT molecular complexity index is 876. The molecule has 8 heteroatoms. The first-order chi connectivity index (χ1) is 18.4. The van der Waals surface area contributed by atoms with Crippen LogP contribution in [0.15, 0.2) is 18.2 Å². The van der Waals surface area contributed by atoms with Crippen LogP contribution in [-0.4, -0.2) is 59.3 Å². The number of aliphatic hydroxyl groups is 1. The molecule has 0 heterocycles. The van der Waals surface area contributed by atoms with Gasteiger partial charge in [0.2, 0.25) is 11.8 Å². The molecule has 0 aliphatic carbocycles. The van der Waals surface area contributed by atoms with E-state index < -0.39 is 36.3 Å². The van der Waals surface area contributed by atoms with Crippen LogP contribution < -0.4 is 10.6 Å². The average Bonchev–Trinajstić information content (AvgIpc) is 2.84. The van der Waals surface area contributed by atoms with E-state index in [4.69, 9.17) is 4.74 Å². The second-order valence-corrected chi connectivity index (χ2v) is 11.5. The third kappa shape index (κ3) is 13.3. The van der Waals surface area contributed by atoms with Crippen molar-refractivity contribution < 1.29 is 24.2 Å². The van der Waals surface area contributed by atoms with Gasteiger partial charge in [0.1, 0.15) is 17.7 Å². The van der Waals surface area contributed by atoms with Crippen LogP contribution in [0, 0.1) is 13.8 Å². The standard InChI is InChI=1S/C31H53N3O5/c1-8-10-12-13-14-16-18-34(29(37)26(22-35)33-30(38)39-31(5,6)7)27(28(36)32-17-15-11-9-2)25-20-23(3)19-24(4)21-25/h19-21,26-27,35H,8-18,22H2,1-7H3,(H,32,36)(H,33,38). The Kier molecular flexibility index (Phi) is 15.8. The number of carbonyl (C=O) groups is 3. The number of nitrogens with zero attached hydrogens (tertiary/aromatic N) is 1. The fourth-order valence-electron chi connectivity index (χ4n) is 4.59. The Hall–Kier alpha value is -2.61. The van der Waals surface area contributed by atoms with Crippen molar-refractivity contribution in [2.75, 3.05) is 19.7 Å². The highest BCUT2D eigenvalue weighted by atomic mass is 16.6. The van der Waals surface area contributed by atoms with Crippen LogP contribution in [0.2, 0.25) is 0 Å². The summed E-state index contributed by atoms with van der Waals surface area (Å²) in [6.07, 6.45) is 8.22. The van der Waals surface area contributed by atoms with E-state index in [0.29, 0.717) is 25.1 Å². The molecule has 1 rings (SSSR count). The van der Waals surface area contributed by atoms with Gasteiger partial charge in [0.25, 0.3) is 0 Å². The minimum Gasteiger partial charge on any atom is -0.444 e. The Morgan fingerprint density at radius 1 is 0.897 bits per heavy atom. The predicted molar refractivity (Wildman–Crippen MR) is 157 cm³/mol. The van der Waals surface area contributed by atoms with Crippen LogP contribution in [0.1, 0.15) is 115 Å². The fraction of sp³-hybridized carbons (Fsp3) is 0.710. The van der Waals surface area contributed by atoms with E-state index in [1.165, 1.54) is 11.3 Å². The van der Waals surface area contributed by atoms with Crippen LogP contribution in [0.3, 0.4) is 0 Å². The quantitative estimate of drug-likeness (QED) is 0.216. The van der Waals surface area contributed by atoms with Crippen molar-refractivity contribution in [3.8, 4) is 0 Å². The third-order valence-corrected chi connectivity index (χ3v) is 6.41. The lowest BCUT2D eigenvalue weighted by molar-refractivity contribution is -0.143. The smallest absolute Gasteiger partial charge is 0.408 e. The lowest BCUT2D eigenvalue weighted by Crippen LogP contribution is -2.54. The SMILES string of the molecule is CCCCCCCCN(C(=O)C(CO)NC(=O)OC(C)(C)C)C(C(=O)NCCCCC)c1cc(C)cc(C)c1. The summed E-state index contributed by atoms with van der Waals surface area (Å²) in [6.45, 7) is 13.6. The molecule has 0 aliphatic heterocycles. The van der Waals surface area contributed by atoms with Crippen LogP contribution in [0.4, 0.5) is 4.79 Å². The van der Waals surface area contributed by atoms with Crippen molar-refractivity contribution >= 4 is 17.9 Å². The number of hydrogen-bond acceptors (Lipinski definition) is 5. The first kappa shape index (κ1) is 34.4. The van der Waals surface area contributed by atoms with E-state index >= 15 is 0 Å². The molecule has 0 aliphatic rings. The van der Waals surface area contributed by atoms with Gasteiger partial charge >= 0.3 is 6.09 Å². The topological polar surface area (TPSA) is 108 Å². The summed E-state index contributed by atoms with van der Waals surface area (Å²) < 4.78 is 5.32. The maximum Gasteiger partial charge on any atom is 0.408 e. The first-order valence-electron chi connectivity index (χ1n) is 14.7. The molecule has 3 N–H and O–H groups in total. The third-order valence-electron chi connectivity index (χ3n) is 6.41. The van der Waals surface area contributed by atoms with Crippen molar-refractivity contribution in [1.29, 1.82) is 0 Å². The summed E-state index contributed by atoms with van der Waals surface area (Å²) in [7, 11) is 0. The van der Waals surface area contributed by atoms with Crippen molar-refractivity contribution in [3.63, 3.8) is 0 Å². The van der Waals surface area contributed by atoms with E-state index in [-0.39, 0.29) is 5.91 Å². The Morgan fingerprint density at radius 2 is 1.46 bits per heavy atom. The van der Waals surface area contributed by atoms with Crippen molar-refractivity contribution in [1.82, 2.24) is 15.5 Å². The van der Waals surface area contributed by atoms with Gasteiger partial charge in [-0.15, -0.1) is 0 Å². The minimum atomic E-state index is -1.23. The summed E-state index contributed by atoms with van der Waals surface area (Å²) in [5, 5.41) is 15.7. The number of amides is 3. The van der Waals surface area contributed by atoms with Crippen molar-refractivity contribution in [2.24, 2.45) is 0 Å². The van der Waals surface area contributed by atoms with Crippen LogP contribution in [-0.2, 0) is 14.3 Å². The summed E-state index contributed by atoms with van der Waals surface area (Å²) in [5.41, 5.74) is 1.94. The maximum absolute atomic E-state index is 13.9. The van der Waals surface area contributed by atoms with Crippen LogP contribution in [0.25, 0.3) is 0 Å². The van der Waals surface area contributed by atoms with Gasteiger partial charge in [-0.1, -0.05) is 88.1 Å². The minimum absolute atomic E-state index is 0.260. The normalized spacial score (nSPS) is 12.9. The molecule has 0 bridgehead atoms. The largest absolute Gasteiger partial charge is 0.444 e. The number of alkyl carbamates (subject to hydrolysis) is 1. The van der Waals surface area contributed by atoms with E-state index in [1.54, 1.807) is 20.8 Å². The molecule has 2 unspecified atom stereocenters. The predicted octanol–water partition coefficient (Wildman–Crippen LogP) is 5.73. The zero-order valence-electron chi connectivity index (χ0n) is 25.4. The van der Waals surface area contributed by atoms with E-state index in [1.807, 2.05) is 32.0 Å². The van der Waals surface area contributed by atoms with Crippen molar-refractivity contribution in [3.05, 3.63) is 34.9 Å². The zero-order chi connectivity index (χ0) is 29.4. The molecular weight excluding hydrogens is 494 g/mol. The second kappa shape index (κ2) is 17.9.